The number of carbonyl (C=O) groups is 3. The maximum atomic E-state index is 14.1. The Morgan fingerprint density at radius 3 is 2.51 bits per heavy atom. The molecule has 0 saturated carbocycles. The van der Waals surface area contributed by atoms with E-state index >= 15 is 0 Å². The first-order valence-corrected chi connectivity index (χ1v) is 13.5. The van der Waals surface area contributed by atoms with E-state index in [1.807, 2.05) is 41.4 Å². The van der Waals surface area contributed by atoms with E-state index in [1.165, 1.54) is 4.90 Å². The Bertz CT molecular complexity index is 1590. The number of nitrogens with zero attached hydrogens (tertiary/aromatic N) is 2. The smallest absolute Gasteiger partial charge is 0.240 e. The highest BCUT2D eigenvalue weighted by molar-refractivity contribution is 9.10. The van der Waals surface area contributed by atoms with Gasteiger partial charge in [0.2, 0.25) is 11.8 Å². The van der Waals surface area contributed by atoms with Crippen molar-refractivity contribution in [3.05, 3.63) is 88.0 Å². The first-order chi connectivity index (χ1) is 19.0. The number of fused-ring (bicyclic) bond motifs is 6. The van der Waals surface area contributed by atoms with Gasteiger partial charge in [0.25, 0.3) is 0 Å². The number of imide groups is 1. The van der Waals surface area contributed by atoms with Crippen LogP contribution >= 0.6 is 15.9 Å². The topological polar surface area (TPSA) is 85.4 Å². The van der Waals surface area contributed by atoms with Gasteiger partial charge in [0.1, 0.15) is 25.0 Å². The Morgan fingerprint density at radius 1 is 0.949 bits per heavy atom. The minimum absolute atomic E-state index is 0.231. The minimum Gasteiger partial charge on any atom is -0.496 e. The third kappa shape index (κ3) is 3.52. The minimum atomic E-state index is -0.861. The summed E-state index contributed by atoms with van der Waals surface area (Å²) in [5, 5.41) is 0. The van der Waals surface area contributed by atoms with Crippen LogP contribution in [0.2, 0.25) is 0 Å². The Balaban J connectivity index is 1.34. The molecular weight excluding hydrogens is 564 g/mol. The quantitative estimate of drug-likeness (QED) is 0.325. The van der Waals surface area contributed by atoms with Crippen LogP contribution in [-0.2, 0) is 9.59 Å². The van der Waals surface area contributed by atoms with Gasteiger partial charge in [-0.3, -0.25) is 14.4 Å². The van der Waals surface area contributed by atoms with Crippen molar-refractivity contribution in [1.29, 1.82) is 0 Å². The average Bonchev–Trinajstić information content (AvgIpc) is 3.44. The van der Waals surface area contributed by atoms with E-state index in [1.54, 1.807) is 43.5 Å². The van der Waals surface area contributed by atoms with Crippen LogP contribution in [0.3, 0.4) is 0 Å². The van der Waals surface area contributed by atoms with E-state index in [9.17, 15) is 14.4 Å². The van der Waals surface area contributed by atoms with Gasteiger partial charge in [-0.2, -0.15) is 0 Å². The van der Waals surface area contributed by atoms with Gasteiger partial charge in [-0.05, 0) is 63.5 Å². The molecule has 3 aromatic rings. The Hall–Kier alpha value is -4.11. The molecule has 8 nitrogen and oxygen atoms in total. The fourth-order valence-electron chi connectivity index (χ4n) is 6.27. The Morgan fingerprint density at radius 2 is 1.72 bits per heavy atom. The van der Waals surface area contributed by atoms with Crippen molar-refractivity contribution in [2.24, 2.45) is 11.8 Å². The average molecular weight is 587 g/mol. The van der Waals surface area contributed by atoms with E-state index in [4.69, 9.17) is 14.2 Å². The molecule has 0 bridgehead atoms. The van der Waals surface area contributed by atoms with Crippen molar-refractivity contribution >= 4 is 45.3 Å². The molecule has 0 aliphatic carbocycles. The van der Waals surface area contributed by atoms with Crippen LogP contribution in [0.15, 0.2) is 71.3 Å². The zero-order valence-corrected chi connectivity index (χ0v) is 22.5. The number of hydrogen-bond donors (Lipinski definition) is 0. The third-order valence-electron chi connectivity index (χ3n) is 7.95. The molecule has 0 spiro atoms. The number of anilines is 1. The fourth-order valence-corrected chi connectivity index (χ4v) is 6.81. The summed E-state index contributed by atoms with van der Waals surface area (Å²) >= 11 is 3.47. The Kier molecular flexibility index (Phi) is 5.52. The molecule has 0 radical (unpaired) electrons. The number of rotatable bonds is 4. The van der Waals surface area contributed by atoms with Gasteiger partial charge in [0.15, 0.2) is 17.3 Å². The van der Waals surface area contributed by atoms with Crippen molar-refractivity contribution in [1.82, 2.24) is 4.90 Å². The maximum Gasteiger partial charge on any atom is 0.240 e. The number of hydrogen-bond acceptors (Lipinski definition) is 7. The van der Waals surface area contributed by atoms with Crippen molar-refractivity contribution < 1.29 is 28.6 Å². The van der Waals surface area contributed by atoms with Crippen LogP contribution in [0.5, 0.6) is 17.2 Å². The maximum absolute atomic E-state index is 14.1. The van der Waals surface area contributed by atoms with E-state index < -0.39 is 29.8 Å². The molecule has 9 heteroatoms. The van der Waals surface area contributed by atoms with E-state index in [2.05, 4.69) is 15.9 Å². The third-order valence-corrected chi connectivity index (χ3v) is 8.57. The summed E-state index contributed by atoms with van der Waals surface area (Å²) in [6.45, 7) is 0.825. The van der Waals surface area contributed by atoms with Gasteiger partial charge in [-0.15, -0.1) is 0 Å². The summed E-state index contributed by atoms with van der Waals surface area (Å²) in [6, 6.07) is 16.7. The molecule has 4 atom stereocenters. The number of amides is 2. The number of ether oxygens (including phenoxy) is 3. The van der Waals surface area contributed by atoms with Gasteiger partial charge in [0.05, 0.1) is 35.1 Å². The van der Waals surface area contributed by atoms with Gasteiger partial charge >= 0.3 is 0 Å². The number of methoxy groups -OCH3 is 1. The number of Topliss-reactive ketones (excluding diaryl/α,β-unsaturated/α-hetero) is 1. The molecule has 3 aromatic carbocycles. The lowest BCUT2D eigenvalue weighted by Gasteiger charge is -2.35. The summed E-state index contributed by atoms with van der Waals surface area (Å²) in [7, 11) is 1.55. The standard InChI is InChI=1S/C30H23BrN2O6/c1-37-21-8-6-17(14-20(21)31)28(34)27-25-24(26-19-5-3-2-4-16(19)10-11-32(26)27)29(35)33(30(25)36)18-7-9-22-23(15-18)39-13-12-38-22/h2-11,14-15,24-27H,12-13H2,1H3/t24-,25+,26+,27-/m0/s1. The molecule has 2 amide bonds. The van der Waals surface area contributed by atoms with Crippen LogP contribution in [0.1, 0.15) is 27.5 Å². The molecule has 0 aromatic heterocycles. The van der Waals surface area contributed by atoms with E-state index in [0.29, 0.717) is 46.2 Å². The second kappa shape index (κ2) is 8.98. The highest BCUT2D eigenvalue weighted by atomic mass is 79.9. The van der Waals surface area contributed by atoms with Crippen LogP contribution < -0.4 is 19.1 Å². The molecule has 196 valence electrons. The molecule has 2 saturated heterocycles. The lowest BCUT2D eigenvalue weighted by Crippen LogP contribution is -2.44. The predicted octanol–water partition coefficient (Wildman–Crippen LogP) is 4.63. The molecule has 2 fully saturated rings. The number of ketones is 1. The molecule has 0 unspecified atom stereocenters. The second-order valence-electron chi connectivity index (χ2n) is 9.89. The van der Waals surface area contributed by atoms with Gasteiger partial charge < -0.3 is 19.1 Å². The molecule has 4 aliphatic heterocycles. The summed E-state index contributed by atoms with van der Waals surface area (Å²) in [5.41, 5.74) is 2.73. The largest absolute Gasteiger partial charge is 0.496 e. The van der Waals surface area contributed by atoms with E-state index in [0.717, 1.165) is 11.1 Å². The lowest BCUT2D eigenvalue weighted by atomic mass is 9.83. The van der Waals surface area contributed by atoms with Crippen LogP contribution in [0.4, 0.5) is 5.69 Å². The lowest BCUT2D eigenvalue weighted by molar-refractivity contribution is -0.123. The van der Waals surface area contributed by atoms with Crippen molar-refractivity contribution in [2.45, 2.75) is 12.1 Å². The SMILES string of the molecule is COc1ccc(C(=O)[C@@H]2[C@@H]3C(=O)N(c4ccc5c(c4)OCCO5)C(=O)[C@@H]3[C@H]3c4ccccc4C=CN23)cc1Br. The predicted molar refractivity (Wildman–Crippen MR) is 146 cm³/mol. The summed E-state index contributed by atoms with van der Waals surface area (Å²) in [5.74, 6) is -0.893. The van der Waals surface area contributed by atoms with Crippen molar-refractivity contribution in [3.8, 4) is 17.2 Å². The Labute approximate surface area is 232 Å². The van der Waals surface area contributed by atoms with Crippen molar-refractivity contribution in [3.63, 3.8) is 0 Å². The first kappa shape index (κ1) is 24.0. The van der Waals surface area contributed by atoms with Gasteiger partial charge in [0, 0.05) is 17.8 Å². The van der Waals surface area contributed by atoms with Crippen molar-refractivity contribution in [2.75, 3.05) is 25.2 Å². The molecule has 7 rings (SSSR count). The van der Waals surface area contributed by atoms with Gasteiger partial charge in [-0.25, -0.2) is 4.90 Å². The highest BCUT2D eigenvalue weighted by Crippen LogP contribution is 2.54. The zero-order chi connectivity index (χ0) is 26.8. The first-order valence-electron chi connectivity index (χ1n) is 12.7. The number of carbonyl (C=O) groups excluding carboxylic acids is 3. The molecule has 4 aliphatic rings. The summed E-state index contributed by atoms with van der Waals surface area (Å²) in [4.78, 5) is 45.5. The highest BCUT2D eigenvalue weighted by Gasteiger charge is 2.64. The number of benzene rings is 3. The molecule has 39 heavy (non-hydrogen) atoms. The van der Waals surface area contributed by atoms with E-state index in [-0.39, 0.29) is 11.7 Å². The molecule has 4 heterocycles. The number of halogens is 1. The normalized spacial score (nSPS) is 24.4. The van der Waals surface area contributed by atoms with Gasteiger partial charge in [-0.1, -0.05) is 24.3 Å². The molecule has 0 N–H and O–H groups in total. The summed E-state index contributed by atoms with van der Waals surface area (Å²) < 4.78 is 17.3. The van der Waals surface area contributed by atoms with Crippen LogP contribution in [-0.4, -0.2) is 48.9 Å². The van der Waals surface area contributed by atoms with Crippen LogP contribution in [0, 0.1) is 11.8 Å². The second-order valence-corrected chi connectivity index (χ2v) is 10.7. The zero-order valence-electron chi connectivity index (χ0n) is 20.9. The summed E-state index contributed by atoms with van der Waals surface area (Å²) in [6.07, 6.45) is 3.78. The monoisotopic (exact) mass is 586 g/mol. The molecular formula is C30H23BrN2O6. The van der Waals surface area contributed by atoms with Crippen LogP contribution in [0.25, 0.3) is 6.08 Å². The fraction of sp³-hybridized carbons (Fsp3) is 0.233.